The zero-order chi connectivity index (χ0) is 17.9. The average Bonchev–Trinajstić information content (AvgIpc) is 2.47. The molecule has 5 nitrogen and oxygen atoms in total. The van der Waals surface area contributed by atoms with Gasteiger partial charge in [0.25, 0.3) is 0 Å². The van der Waals surface area contributed by atoms with Gasteiger partial charge in [0.2, 0.25) is 0 Å². The number of aliphatic hydroxyl groups is 1. The summed E-state index contributed by atoms with van der Waals surface area (Å²) in [6.07, 6.45) is 0.735. The number of methoxy groups -OCH3 is 1. The van der Waals surface area contributed by atoms with E-state index in [4.69, 9.17) is 9.47 Å². The number of rotatable bonds is 3. The predicted octanol–water partition coefficient (Wildman–Crippen LogP) is 3.12. The second kappa shape index (κ2) is 7.67. The van der Waals surface area contributed by atoms with Crippen LogP contribution in [0.5, 0.6) is 0 Å². The SMILES string of the molecule is CO[C@@H]1[C@H](C)[C@@H](NC(=O)OC(C)(C)C)[C@@H](O)C(C(C)C)=C[C@@H]1C. The molecule has 0 aromatic carbocycles. The van der Waals surface area contributed by atoms with E-state index < -0.39 is 23.8 Å². The zero-order valence-corrected chi connectivity index (χ0v) is 15.7. The molecule has 5 atom stereocenters. The van der Waals surface area contributed by atoms with Crippen molar-refractivity contribution in [3.05, 3.63) is 11.6 Å². The summed E-state index contributed by atoms with van der Waals surface area (Å²) in [5.41, 5.74) is 0.359. The minimum Gasteiger partial charge on any atom is -0.444 e. The van der Waals surface area contributed by atoms with Crippen LogP contribution in [0.1, 0.15) is 48.5 Å². The van der Waals surface area contributed by atoms with Crippen molar-refractivity contribution in [2.75, 3.05) is 7.11 Å². The van der Waals surface area contributed by atoms with E-state index in [0.29, 0.717) is 0 Å². The van der Waals surface area contributed by atoms with E-state index in [1.54, 1.807) is 7.11 Å². The highest BCUT2D eigenvalue weighted by atomic mass is 16.6. The summed E-state index contributed by atoms with van der Waals surface area (Å²) in [6.45, 7) is 13.6. The van der Waals surface area contributed by atoms with Crippen LogP contribution in [0.25, 0.3) is 0 Å². The van der Waals surface area contributed by atoms with Gasteiger partial charge in [-0.25, -0.2) is 4.79 Å². The lowest BCUT2D eigenvalue weighted by Crippen LogP contribution is -2.52. The number of amides is 1. The summed E-state index contributed by atoms with van der Waals surface area (Å²) in [7, 11) is 1.67. The molecule has 0 aliphatic heterocycles. The largest absolute Gasteiger partial charge is 0.444 e. The van der Waals surface area contributed by atoms with Crippen LogP contribution in [0.15, 0.2) is 11.6 Å². The average molecular weight is 327 g/mol. The van der Waals surface area contributed by atoms with Crippen molar-refractivity contribution < 1.29 is 19.4 Å². The number of carbonyl (C=O) groups excluding carboxylic acids is 1. The van der Waals surface area contributed by atoms with E-state index in [-0.39, 0.29) is 23.9 Å². The van der Waals surface area contributed by atoms with Crippen molar-refractivity contribution in [2.24, 2.45) is 17.8 Å². The molecule has 0 bridgehead atoms. The van der Waals surface area contributed by atoms with Gasteiger partial charge in [-0.1, -0.05) is 33.8 Å². The van der Waals surface area contributed by atoms with Gasteiger partial charge in [-0.2, -0.15) is 0 Å². The number of ether oxygens (including phenoxy) is 2. The molecule has 1 amide bonds. The van der Waals surface area contributed by atoms with Gasteiger partial charge in [0, 0.05) is 18.9 Å². The van der Waals surface area contributed by atoms with Gasteiger partial charge in [-0.15, -0.1) is 0 Å². The van der Waals surface area contributed by atoms with Crippen LogP contribution in [0.2, 0.25) is 0 Å². The van der Waals surface area contributed by atoms with E-state index in [1.807, 2.05) is 41.5 Å². The van der Waals surface area contributed by atoms with E-state index in [0.717, 1.165) is 5.57 Å². The van der Waals surface area contributed by atoms with Gasteiger partial charge in [-0.05, 0) is 32.3 Å². The summed E-state index contributed by atoms with van der Waals surface area (Å²) in [4.78, 5) is 12.2. The van der Waals surface area contributed by atoms with Gasteiger partial charge in [0.05, 0.1) is 18.2 Å². The molecule has 0 heterocycles. The van der Waals surface area contributed by atoms with Gasteiger partial charge in [0.15, 0.2) is 0 Å². The molecule has 2 N–H and O–H groups in total. The van der Waals surface area contributed by atoms with Crippen LogP contribution in [-0.2, 0) is 9.47 Å². The molecule has 0 radical (unpaired) electrons. The Morgan fingerprint density at radius 2 is 1.87 bits per heavy atom. The maximum absolute atomic E-state index is 12.2. The number of carbonyl (C=O) groups is 1. The van der Waals surface area contributed by atoms with Crippen LogP contribution >= 0.6 is 0 Å². The normalized spacial score (nSPS) is 32.3. The Labute approximate surface area is 140 Å². The standard InChI is InChI=1S/C18H33NO4/c1-10(2)13-9-11(3)16(22-8)12(4)14(15(13)20)19-17(21)23-18(5,6)7/h9-12,14-16,20H,1-8H3,(H,19,21)/t11-,12+,14+,15-,16-/m0/s1. The van der Waals surface area contributed by atoms with Crippen molar-refractivity contribution in [1.82, 2.24) is 5.32 Å². The summed E-state index contributed by atoms with van der Waals surface area (Å²) in [5.74, 6) is 0.302. The molecule has 0 saturated carbocycles. The molecular weight excluding hydrogens is 294 g/mol. The molecule has 0 aromatic heterocycles. The minimum absolute atomic E-state index is 0.0509. The maximum atomic E-state index is 12.2. The Hall–Kier alpha value is -1.07. The Bertz CT molecular complexity index is 439. The quantitative estimate of drug-likeness (QED) is 0.782. The topological polar surface area (TPSA) is 67.8 Å². The molecule has 0 spiro atoms. The first-order valence-corrected chi connectivity index (χ1v) is 8.40. The number of hydrogen-bond donors (Lipinski definition) is 2. The predicted molar refractivity (Wildman–Crippen MR) is 91.2 cm³/mol. The van der Waals surface area contributed by atoms with Crippen molar-refractivity contribution in [3.63, 3.8) is 0 Å². The third-order valence-electron chi connectivity index (χ3n) is 4.36. The fourth-order valence-corrected chi connectivity index (χ4v) is 3.29. The molecule has 134 valence electrons. The Morgan fingerprint density at radius 1 is 1.30 bits per heavy atom. The second-order valence-corrected chi connectivity index (χ2v) is 7.86. The Morgan fingerprint density at radius 3 is 2.30 bits per heavy atom. The number of aliphatic hydroxyl groups excluding tert-OH is 1. The van der Waals surface area contributed by atoms with Crippen molar-refractivity contribution >= 4 is 6.09 Å². The molecule has 1 aliphatic carbocycles. The first kappa shape index (κ1) is 20.0. The third kappa shape index (κ3) is 5.21. The van der Waals surface area contributed by atoms with Crippen molar-refractivity contribution in [1.29, 1.82) is 0 Å². The lowest BCUT2D eigenvalue weighted by Gasteiger charge is -2.34. The van der Waals surface area contributed by atoms with E-state index >= 15 is 0 Å². The molecule has 0 aromatic rings. The molecule has 5 heteroatoms. The molecule has 0 fully saturated rings. The van der Waals surface area contributed by atoms with Crippen LogP contribution in [0.4, 0.5) is 4.79 Å². The van der Waals surface area contributed by atoms with Crippen LogP contribution < -0.4 is 5.32 Å². The summed E-state index contributed by atoms with van der Waals surface area (Å²) in [5, 5.41) is 13.7. The van der Waals surface area contributed by atoms with E-state index in [1.165, 1.54) is 0 Å². The first-order chi connectivity index (χ1) is 10.5. The van der Waals surface area contributed by atoms with Crippen LogP contribution in [0.3, 0.4) is 0 Å². The molecule has 0 unspecified atom stereocenters. The zero-order valence-electron chi connectivity index (χ0n) is 15.7. The van der Waals surface area contributed by atoms with Crippen LogP contribution in [-0.4, -0.2) is 42.2 Å². The minimum atomic E-state index is -0.750. The summed E-state index contributed by atoms with van der Waals surface area (Å²) >= 11 is 0. The highest BCUT2D eigenvalue weighted by molar-refractivity contribution is 5.68. The second-order valence-electron chi connectivity index (χ2n) is 7.86. The Balaban J connectivity index is 3.06. The highest BCUT2D eigenvalue weighted by Gasteiger charge is 2.40. The number of hydrogen-bond acceptors (Lipinski definition) is 4. The molecule has 1 rings (SSSR count). The summed E-state index contributed by atoms with van der Waals surface area (Å²) in [6, 6.07) is -0.451. The van der Waals surface area contributed by atoms with Crippen molar-refractivity contribution in [3.8, 4) is 0 Å². The number of nitrogens with one attached hydrogen (secondary N) is 1. The van der Waals surface area contributed by atoms with Gasteiger partial charge in [0.1, 0.15) is 5.60 Å². The number of alkyl carbamates (subject to hydrolysis) is 1. The molecule has 1 aliphatic rings. The highest BCUT2D eigenvalue weighted by Crippen LogP contribution is 2.32. The fraction of sp³-hybridized carbons (Fsp3) is 0.833. The van der Waals surface area contributed by atoms with E-state index in [9.17, 15) is 9.90 Å². The summed E-state index contributed by atoms with van der Waals surface area (Å²) < 4.78 is 11.0. The lowest BCUT2D eigenvalue weighted by molar-refractivity contribution is -0.00268. The first-order valence-electron chi connectivity index (χ1n) is 8.40. The third-order valence-corrected chi connectivity index (χ3v) is 4.36. The van der Waals surface area contributed by atoms with Crippen LogP contribution in [0, 0.1) is 17.8 Å². The smallest absolute Gasteiger partial charge is 0.407 e. The monoisotopic (exact) mass is 327 g/mol. The molecule has 0 saturated heterocycles. The maximum Gasteiger partial charge on any atom is 0.407 e. The van der Waals surface area contributed by atoms with Gasteiger partial charge in [-0.3, -0.25) is 0 Å². The molecule has 23 heavy (non-hydrogen) atoms. The lowest BCUT2D eigenvalue weighted by atomic mass is 9.87. The molecular formula is C18H33NO4. The van der Waals surface area contributed by atoms with Gasteiger partial charge >= 0.3 is 6.09 Å². The van der Waals surface area contributed by atoms with Crippen molar-refractivity contribution in [2.45, 2.75) is 72.3 Å². The van der Waals surface area contributed by atoms with E-state index in [2.05, 4.69) is 18.3 Å². The Kier molecular flexibility index (Phi) is 6.66. The fourth-order valence-electron chi connectivity index (χ4n) is 3.29. The van der Waals surface area contributed by atoms with Gasteiger partial charge < -0.3 is 19.9 Å².